The molecule has 59 heavy (non-hydrogen) atoms. The van der Waals surface area contributed by atoms with Gasteiger partial charge in [0, 0.05) is 63.4 Å². The molecular formula is C38H67F9N4O8. The van der Waals surface area contributed by atoms with Crippen LogP contribution in [-0.2, 0) is 23.8 Å². The molecule has 4 fully saturated rings. The number of hydrogen-bond acceptors (Lipinski definition) is 10. The third kappa shape index (κ3) is 18.5. The molecule has 4 aliphatic rings. The largest absolute Gasteiger partial charge is 0.480 e. The van der Waals surface area contributed by atoms with E-state index >= 15 is 0 Å². The van der Waals surface area contributed by atoms with Gasteiger partial charge in [0.25, 0.3) is 23.7 Å². The molecule has 0 aromatic rings. The van der Waals surface area contributed by atoms with Gasteiger partial charge in [-0.25, -0.2) is 49.1 Å². The molecule has 350 valence electrons. The summed E-state index contributed by atoms with van der Waals surface area (Å²) in [5.41, 5.74) is -0.192. The van der Waals surface area contributed by atoms with Crippen LogP contribution in [0.3, 0.4) is 0 Å². The van der Waals surface area contributed by atoms with Crippen molar-refractivity contribution in [3.05, 3.63) is 0 Å². The first-order chi connectivity index (χ1) is 26.7. The molecule has 4 unspecified atom stereocenters. The second-order valence-electron chi connectivity index (χ2n) is 17.3. The molecule has 21 heteroatoms. The average molecular weight is 879 g/mol. The van der Waals surface area contributed by atoms with Gasteiger partial charge >= 0.3 is 11.9 Å². The van der Waals surface area contributed by atoms with Crippen molar-refractivity contribution in [1.29, 1.82) is 0 Å². The van der Waals surface area contributed by atoms with Crippen molar-refractivity contribution in [1.82, 2.24) is 19.6 Å². The van der Waals surface area contributed by atoms with Gasteiger partial charge in [0.1, 0.15) is 31.6 Å². The number of rotatable bonds is 10. The Hall–Kier alpha value is -2.01. The Bertz CT molecular complexity index is 1250. The summed E-state index contributed by atoms with van der Waals surface area (Å²) in [6.45, 7) is 14.8. The fraction of sp³-hybridized carbons (Fsp3) is 0.947. The van der Waals surface area contributed by atoms with Gasteiger partial charge < -0.3 is 29.5 Å². The lowest BCUT2D eigenvalue weighted by Crippen LogP contribution is -2.65. The van der Waals surface area contributed by atoms with Gasteiger partial charge in [-0.3, -0.25) is 19.6 Å². The van der Waals surface area contributed by atoms with E-state index in [0.29, 0.717) is 45.1 Å². The Balaban J connectivity index is 0.000000399. The van der Waals surface area contributed by atoms with Crippen LogP contribution in [0.25, 0.3) is 0 Å². The Morgan fingerprint density at radius 1 is 0.661 bits per heavy atom. The van der Waals surface area contributed by atoms with Crippen molar-refractivity contribution in [2.45, 2.75) is 160 Å². The molecule has 0 spiro atoms. The van der Waals surface area contributed by atoms with Crippen molar-refractivity contribution in [3.63, 3.8) is 0 Å². The normalized spacial score (nSPS) is 27.8. The second-order valence-corrected chi connectivity index (χ2v) is 17.3. The maximum absolute atomic E-state index is 13.6. The Morgan fingerprint density at radius 2 is 1.10 bits per heavy atom. The molecule has 0 aliphatic carbocycles. The van der Waals surface area contributed by atoms with Crippen LogP contribution in [0, 0.1) is 0 Å². The minimum absolute atomic E-state index is 0.0614. The third-order valence-electron chi connectivity index (χ3n) is 10.3. The van der Waals surface area contributed by atoms with Crippen LogP contribution in [-0.4, -0.2) is 197 Å². The summed E-state index contributed by atoms with van der Waals surface area (Å²) in [4.78, 5) is 26.8. The second kappa shape index (κ2) is 22.9. The highest BCUT2D eigenvalue weighted by Crippen LogP contribution is 2.40. The molecule has 0 saturated carbocycles. The van der Waals surface area contributed by atoms with Gasteiger partial charge in [0.2, 0.25) is 0 Å². The minimum atomic E-state index is -3.79. The lowest BCUT2D eigenvalue weighted by Gasteiger charge is -2.44. The molecular weight excluding hydrogens is 811 g/mol. The third-order valence-corrected chi connectivity index (χ3v) is 10.3. The molecule has 0 bridgehead atoms. The fourth-order valence-corrected chi connectivity index (χ4v) is 6.85. The number of methoxy groups -OCH3 is 1. The Morgan fingerprint density at radius 3 is 1.49 bits per heavy atom. The van der Waals surface area contributed by atoms with Gasteiger partial charge in [-0.1, -0.05) is 0 Å². The standard InChI is InChI=1S/C10H15F4NO3.C10H17F2NO3.C10H19F2NO.C8H16FNO/c1-6(2)15-4-9(11,12)8(10(13,14)5-15)18-3-7(16)17;1-7(2)13-4-3-8(10(11,12)6-13)16-5-9(14)15;1-9(2,3)13-6-5-8(14-4)10(11,12)7-13;1-6(2)10-4-7(9)3-8(11)5-10/h6,8H,3-5H2,1-2H3,(H,16,17);7-8H,3-6H2,1-2H3,(H,14,15);8H,5-7H2,1-4H3;6-8,11H,3-5H2,1-2H3. The number of piperidine rings is 4. The number of carbonyl (C=O) groups is 2. The topological polar surface area (TPSA) is 135 Å². The van der Waals surface area contributed by atoms with E-state index in [1.165, 1.54) is 21.0 Å². The zero-order chi connectivity index (χ0) is 45.9. The van der Waals surface area contributed by atoms with Crippen molar-refractivity contribution in [2.24, 2.45) is 0 Å². The number of likely N-dealkylation sites (tertiary alicyclic amines) is 4. The molecule has 0 aromatic carbocycles. The highest BCUT2D eigenvalue weighted by molar-refractivity contribution is 5.68. The van der Waals surface area contributed by atoms with Gasteiger partial charge in [-0.05, 0) is 75.2 Å². The number of β-amino-alcohol motifs (C(OH)–C–C–N with tert-alkyl or cyclic N) is 1. The summed E-state index contributed by atoms with van der Waals surface area (Å²) >= 11 is 0. The summed E-state index contributed by atoms with van der Waals surface area (Å²) in [5.74, 6) is -16.1. The summed E-state index contributed by atoms with van der Waals surface area (Å²) in [7, 11) is 1.35. The first kappa shape index (κ1) is 55.0. The zero-order valence-electron chi connectivity index (χ0n) is 35.9. The number of alkyl halides is 9. The van der Waals surface area contributed by atoms with Crippen LogP contribution >= 0.6 is 0 Å². The van der Waals surface area contributed by atoms with Crippen LogP contribution in [0.5, 0.6) is 0 Å². The maximum atomic E-state index is 13.6. The Kier molecular flexibility index (Phi) is 21.3. The lowest BCUT2D eigenvalue weighted by molar-refractivity contribution is -0.271. The van der Waals surface area contributed by atoms with Crippen LogP contribution in [0.4, 0.5) is 39.5 Å². The van der Waals surface area contributed by atoms with E-state index in [0.717, 1.165) is 4.90 Å². The van der Waals surface area contributed by atoms with E-state index in [-0.39, 0.29) is 31.1 Å². The number of aliphatic hydroxyl groups is 1. The summed E-state index contributed by atoms with van der Waals surface area (Å²) in [6.07, 6.45) is -5.33. The first-order valence-corrected chi connectivity index (χ1v) is 19.8. The van der Waals surface area contributed by atoms with Crippen molar-refractivity contribution in [2.75, 3.05) is 72.7 Å². The Labute approximate surface area is 342 Å². The number of carboxylic acids is 2. The predicted molar refractivity (Wildman–Crippen MR) is 202 cm³/mol. The molecule has 12 nitrogen and oxygen atoms in total. The van der Waals surface area contributed by atoms with Crippen LogP contribution in [0.15, 0.2) is 0 Å². The molecule has 4 heterocycles. The number of hydrogen-bond donors (Lipinski definition) is 3. The number of nitrogens with zero attached hydrogens (tertiary/aromatic N) is 4. The molecule has 0 aromatic heterocycles. The fourth-order valence-electron chi connectivity index (χ4n) is 6.85. The highest BCUT2D eigenvalue weighted by Gasteiger charge is 2.61. The van der Waals surface area contributed by atoms with Crippen molar-refractivity contribution >= 4 is 11.9 Å². The number of halogens is 9. The van der Waals surface area contributed by atoms with Crippen molar-refractivity contribution < 1.29 is 78.6 Å². The summed E-state index contributed by atoms with van der Waals surface area (Å²) in [6, 6.07) is -0.0586. The van der Waals surface area contributed by atoms with Gasteiger partial charge in [0.15, 0.2) is 6.10 Å². The van der Waals surface area contributed by atoms with Crippen molar-refractivity contribution in [3.8, 4) is 0 Å². The average Bonchev–Trinajstić information content (AvgIpc) is 3.05. The SMILES string of the molecule is CC(C)N1CC(F)(F)C(OCC(=O)O)C(F)(F)C1.CC(C)N1CC(O)CC(F)C1.CC(C)N1CCC(OCC(=O)O)C(F)(F)C1.COC1CCN(C(C)(C)C)CC1(F)F. The van der Waals surface area contributed by atoms with Gasteiger partial charge in [-0.2, -0.15) is 0 Å². The number of ether oxygens (including phenoxy) is 3. The molecule has 4 saturated heterocycles. The summed E-state index contributed by atoms with van der Waals surface area (Å²) in [5, 5.41) is 25.9. The van der Waals surface area contributed by atoms with E-state index in [1.807, 2.05) is 58.3 Å². The number of aliphatic hydroxyl groups excluding tert-OH is 1. The lowest BCUT2D eigenvalue weighted by atomic mass is 9.97. The number of carboxylic acid groups (broad SMARTS) is 2. The van der Waals surface area contributed by atoms with Crippen LogP contribution < -0.4 is 0 Å². The zero-order valence-corrected chi connectivity index (χ0v) is 35.9. The molecule has 4 aliphatic heterocycles. The predicted octanol–water partition coefficient (Wildman–Crippen LogP) is 5.60. The van der Waals surface area contributed by atoms with E-state index in [9.17, 15) is 54.2 Å². The van der Waals surface area contributed by atoms with E-state index < -0.39 is 98.6 Å². The van der Waals surface area contributed by atoms with E-state index in [4.69, 9.17) is 19.7 Å². The molecule has 4 rings (SSSR count). The minimum Gasteiger partial charge on any atom is -0.480 e. The first-order valence-electron chi connectivity index (χ1n) is 19.8. The molecule has 4 atom stereocenters. The van der Waals surface area contributed by atoms with E-state index in [1.54, 1.807) is 4.90 Å². The van der Waals surface area contributed by atoms with E-state index in [2.05, 4.69) is 4.74 Å². The maximum Gasteiger partial charge on any atom is 0.329 e. The quantitative estimate of drug-likeness (QED) is 0.236. The summed E-state index contributed by atoms with van der Waals surface area (Å²) < 4.78 is 135. The van der Waals surface area contributed by atoms with Crippen LogP contribution in [0.2, 0.25) is 0 Å². The number of aliphatic carboxylic acids is 2. The molecule has 3 N–H and O–H groups in total. The monoisotopic (exact) mass is 878 g/mol. The van der Waals surface area contributed by atoms with Gasteiger partial charge in [0.05, 0.1) is 32.3 Å². The smallest absolute Gasteiger partial charge is 0.329 e. The van der Waals surface area contributed by atoms with Crippen LogP contribution in [0.1, 0.15) is 81.6 Å². The van der Waals surface area contributed by atoms with Gasteiger partial charge in [-0.15, -0.1) is 0 Å². The highest BCUT2D eigenvalue weighted by atomic mass is 19.3. The molecule has 0 amide bonds. The molecule has 0 radical (unpaired) electrons.